The molecule has 0 amide bonds. The summed E-state index contributed by atoms with van der Waals surface area (Å²) in [5.74, 6) is 1.41. The summed E-state index contributed by atoms with van der Waals surface area (Å²) in [7, 11) is 0. The van der Waals surface area contributed by atoms with Gasteiger partial charge < -0.3 is 25.3 Å². The highest BCUT2D eigenvalue weighted by molar-refractivity contribution is 7.22. The summed E-state index contributed by atoms with van der Waals surface area (Å²) in [4.78, 5) is 4.58. The summed E-state index contributed by atoms with van der Waals surface area (Å²) in [6.07, 6.45) is 0.100. The van der Waals surface area contributed by atoms with E-state index in [2.05, 4.69) is 16.4 Å². The maximum atomic E-state index is 8.88. The number of anilines is 1. The number of benzene rings is 1. The summed E-state index contributed by atoms with van der Waals surface area (Å²) >= 11 is 1.53. The van der Waals surface area contributed by atoms with E-state index in [9.17, 15) is 0 Å². The molecule has 114 valence electrons. The molecule has 3 N–H and O–H groups in total. The van der Waals surface area contributed by atoms with E-state index in [4.69, 9.17) is 25.2 Å². The van der Waals surface area contributed by atoms with Gasteiger partial charge in [-0.25, -0.2) is 4.98 Å². The van der Waals surface area contributed by atoms with E-state index in [0.717, 1.165) is 21.1 Å². The third-order valence-electron chi connectivity index (χ3n) is 3.83. The van der Waals surface area contributed by atoms with Gasteiger partial charge in [0.05, 0.1) is 23.4 Å². The van der Waals surface area contributed by atoms with Gasteiger partial charge in [0.2, 0.25) is 6.79 Å². The number of fused-ring (bicyclic) bond motifs is 3. The molecule has 0 unspecified atom stereocenters. The Kier molecular flexibility index (Phi) is 3.26. The van der Waals surface area contributed by atoms with Crippen molar-refractivity contribution in [1.29, 1.82) is 5.26 Å². The van der Waals surface area contributed by atoms with Gasteiger partial charge in [0, 0.05) is 12.5 Å². The predicted molar refractivity (Wildman–Crippen MR) is 81.1 cm³/mol. The Bertz CT molecular complexity index is 756. The Labute approximate surface area is 130 Å². The third kappa shape index (κ3) is 2.23. The van der Waals surface area contributed by atoms with Crippen LogP contribution >= 0.6 is 11.3 Å². The molecule has 3 heterocycles. The van der Waals surface area contributed by atoms with Gasteiger partial charge >= 0.3 is 0 Å². The molecule has 22 heavy (non-hydrogen) atoms. The van der Waals surface area contributed by atoms with Gasteiger partial charge in [0.1, 0.15) is 11.6 Å². The molecule has 0 bridgehead atoms. The summed E-state index contributed by atoms with van der Waals surface area (Å²) in [5.41, 5.74) is 6.91. The minimum absolute atomic E-state index is 0.0598. The Morgan fingerprint density at radius 2 is 2.32 bits per heavy atom. The molecular formula is C14H14N4O3S. The van der Waals surface area contributed by atoms with Crippen LogP contribution in [0.25, 0.3) is 10.2 Å². The van der Waals surface area contributed by atoms with Crippen molar-refractivity contribution in [2.75, 3.05) is 18.7 Å². The number of hydrogen-bond acceptors (Lipinski definition) is 8. The van der Waals surface area contributed by atoms with E-state index in [0.29, 0.717) is 18.8 Å². The van der Waals surface area contributed by atoms with E-state index in [1.807, 2.05) is 12.1 Å². The van der Waals surface area contributed by atoms with Crippen molar-refractivity contribution in [2.45, 2.75) is 24.6 Å². The molecule has 1 fully saturated rings. The molecule has 1 aromatic carbocycles. The van der Waals surface area contributed by atoms with Crippen molar-refractivity contribution in [3.63, 3.8) is 0 Å². The van der Waals surface area contributed by atoms with Gasteiger partial charge in [0.15, 0.2) is 16.6 Å². The first-order valence-electron chi connectivity index (χ1n) is 6.97. The molecule has 0 saturated carbocycles. The largest absolute Gasteiger partial charge is 0.454 e. The lowest BCUT2D eigenvalue weighted by molar-refractivity contribution is 0.0339. The Morgan fingerprint density at radius 3 is 3.14 bits per heavy atom. The maximum Gasteiger partial charge on any atom is 0.231 e. The number of ether oxygens (including phenoxy) is 3. The molecule has 3 atom stereocenters. The van der Waals surface area contributed by atoms with Crippen molar-refractivity contribution in [3.8, 4) is 17.6 Å². The SMILES string of the molecule is N#C[C@H]1C[C@@H](N)[C@@H](Nc2nc3c4c(ccc3s2)OCO4)CO1. The molecule has 7 nitrogen and oxygen atoms in total. The topological polar surface area (TPSA) is 102 Å². The number of nitrogens with one attached hydrogen (secondary N) is 1. The molecule has 0 aliphatic carbocycles. The van der Waals surface area contributed by atoms with E-state index in [1.165, 1.54) is 11.3 Å². The van der Waals surface area contributed by atoms with Gasteiger partial charge in [0.25, 0.3) is 0 Å². The van der Waals surface area contributed by atoms with Crippen LogP contribution in [-0.2, 0) is 4.74 Å². The van der Waals surface area contributed by atoms with Crippen LogP contribution in [0.1, 0.15) is 6.42 Å². The number of nitrogens with two attached hydrogens (primary N) is 1. The second kappa shape index (κ2) is 5.28. The van der Waals surface area contributed by atoms with Crippen molar-refractivity contribution >= 4 is 26.7 Å². The van der Waals surface area contributed by atoms with Crippen molar-refractivity contribution in [2.24, 2.45) is 5.73 Å². The van der Waals surface area contributed by atoms with Crippen LogP contribution in [0.5, 0.6) is 11.5 Å². The third-order valence-corrected chi connectivity index (χ3v) is 4.78. The van der Waals surface area contributed by atoms with Crippen LogP contribution in [0.2, 0.25) is 0 Å². The standard InChI is InChI=1S/C14H14N4O3S/c15-4-7-3-8(16)9(5-19-7)17-14-18-12-11(22-14)2-1-10-13(12)21-6-20-10/h1-2,7-9H,3,5-6,16H2,(H,17,18)/t7-,8-,9+/m1/s1. The van der Waals surface area contributed by atoms with Crippen molar-refractivity contribution < 1.29 is 14.2 Å². The summed E-state index contributed by atoms with van der Waals surface area (Å²) < 4.78 is 17.3. The minimum Gasteiger partial charge on any atom is -0.454 e. The number of thiazole rings is 1. The fraction of sp³-hybridized carbons (Fsp3) is 0.429. The first kappa shape index (κ1) is 13.6. The lowest BCUT2D eigenvalue weighted by Gasteiger charge is -2.31. The van der Waals surface area contributed by atoms with E-state index in [1.54, 1.807) is 0 Å². The summed E-state index contributed by atoms with van der Waals surface area (Å²) in [6, 6.07) is 5.75. The number of nitrogens with zero attached hydrogens (tertiary/aromatic N) is 2. The molecule has 1 saturated heterocycles. The van der Waals surface area contributed by atoms with Gasteiger partial charge in [-0.2, -0.15) is 5.26 Å². The van der Waals surface area contributed by atoms with Gasteiger partial charge in [-0.1, -0.05) is 11.3 Å². The van der Waals surface area contributed by atoms with Crippen molar-refractivity contribution in [1.82, 2.24) is 4.98 Å². The van der Waals surface area contributed by atoms with Crippen molar-refractivity contribution in [3.05, 3.63) is 12.1 Å². The molecule has 0 spiro atoms. The molecule has 8 heteroatoms. The molecule has 2 aromatic rings. The normalized spacial score (nSPS) is 26.8. The van der Waals surface area contributed by atoms with Crippen LogP contribution < -0.4 is 20.5 Å². The lowest BCUT2D eigenvalue weighted by Crippen LogP contribution is -2.50. The Morgan fingerprint density at radius 1 is 1.41 bits per heavy atom. The molecule has 1 aromatic heterocycles. The zero-order valence-corrected chi connectivity index (χ0v) is 12.4. The fourth-order valence-electron chi connectivity index (χ4n) is 2.64. The predicted octanol–water partition coefficient (Wildman–Crippen LogP) is 1.45. The quantitative estimate of drug-likeness (QED) is 0.863. The van der Waals surface area contributed by atoms with Crippen LogP contribution in [0.4, 0.5) is 5.13 Å². The first-order chi connectivity index (χ1) is 10.7. The highest BCUT2D eigenvalue weighted by Crippen LogP contribution is 2.41. The second-order valence-corrected chi connectivity index (χ2v) is 6.30. The summed E-state index contributed by atoms with van der Waals surface area (Å²) in [5, 5.41) is 13.0. The van der Waals surface area contributed by atoms with Gasteiger partial charge in [-0.05, 0) is 12.1 Å². The number of nitriles is 1. The lowest BCUT2D eigenvalue weighted by atomic mass is 10.0. The van der Waals surface area contributed by atoms with Gasteiger partial charge in [-0.15, -0.1) is 0 Å². The molecule has 0 radical (unpaired) electrons. The van der Waals surface area contributed by atoms with Crippen LogP contribution in [0, 0.1) is 11.3 Å². The smallest absolute Gasteiger partial charge is 0.231 e. The highest BCUT2D eigenvalue weighted by Gasteiger charge is 2.29. The monoisotopic (exact) mass is 318 g/mol. The number of aromatic nitrogens is 1. The zero-order valence-electron chi connectivity index (χ0n) is 11.6. The molecule has 2 aliphatic heterocycles. The van der Waals surface area contributed by atoms with E-state index in [-0.39, 0.29) is 18.9 Å². The fourth-order valence-corrected chi connectivity index (χ4v) is 3.56. The highest BCUT2D eigenvalue weighted by atomic mass is 32.1. The second-order valence-electron chi connectivity index (χ2n) is 5.27. The van der Waals surface area contributed by atoms with Gasteiger partial charge in [-0.3, -0.25) is 0 Å². The number of hydrogen-bond donors (Lipinski definition) is 2. The van der Waals surface area contributed by atoms with E-state index < -0.39 is 6.10 Å². The minimum atomic E-state index is -0.419. The van der Waals surface area contributed by atoms with Crippen LogP contribution in [-0.4, -0.2) is 36.6 Å². The van der Waals surface area contributed by atoms with Crippen LogP contribution in [0.15, 0.2) is 12.1 Å². The Balaban J connectivity index is 1.57. The zero-order chi connectivity index (χ0) is 15.1. The Hall–Kier alpha value is -2.08. The first-order valence-corrected chi connectivity index (χ1v) is 7.78. The molecule has 2 aliphatic rings. The van der Waals surface area contributed by atoms with E-state index >= 15 is 0 Å². The van der Waals surface area contributed by atoms with Crippen LogP contribution in [0.3, 0.4) is 0 Å². The molecule has 4 rings (SSSR count). The maximum absolute atomic E-state index is 8.88. The average molecular weight is 318 g/mol. The summed E-state index contributed by atoms with van der Waals surface area (Å²) in [6.45, 7) is 0.624. The molecular weight excluding hydrogens is 304 g/mol. The number of rotatable bonds is 2. The average Bonchev–Trinajstić information content (AvgIpc) is 3.14.